The number of nitrogens with one attached hydrogen (secondary N) is 1. The molecule has 2 atom stereocenters. The Labute approximate surface area is 255 Å². The number of hydrogen-bond acceptors (Lipinski definition) is 7. The average molecular weight is 619 g/mol. The van der Waals surface area contributed by atoms with Crippen LogP contribution >= 0.6 is 0 Å². The van der Waals surface area contributed by atoms with Crippen LogP contribution in [0.5, 0.6) is 0 Å². The zero-order valence-electron chi connectivity index (χ0n) is 25.7. The Morgan fingerprint density at radius 3 is 2.64 bits per heavy atom. The Bertz CT molecular complexity index is 1750. The van der Waals surface area contributed by atoms with E-state index < -0.39 is 20.0 Å². The summed E-state index contributed by atoms with van der Waals surface area (Å²) in [6, 6.07) is 4.58. The van der Waals surface area contributed by atoms with Crippen LogP contribution in [0, 0.1) is 18.6 Å². The van der Waals surface area contributed by atoms with Gasteiger partial charge in [0.2, 0.25) is 5.91 Å². The first-order valence-electron chi connectivity index (χ1n) is 14.7. The summed E-state index contributed by atoms with van der Waals surface area (Å²) >= 11 is 0. The summed E-state index contributed by atoms with van der Waals surface area (Å²) in [5.74, 6) is -0.491. The lowest BCUT2D eigenvalue weighted by Crippen LogP contribution is -2.40. The highest BCUT2D eigenvalue weighted by atomic mass is 28.4. The summed E-state index contributed by atoms with van der Waals surface area (Å²) in [5.41, 5.74) is 2.98. The molecule has 1 saturated heterocycles. The molecule has 2 aliphatic heterocycles. The minimum Gasteiger partial charge on any atom is -0.411 e. The molecule has 6 rings (SSSR count). The molecule has 0 bridgehead atoms. The van der Waals surface area contributed by atoms with Gasteiger partial charge < -0.3 is 14.3 Å². The van der Waals surface area contributed by atoms with Crippen LogP contribution in [0.2, 0.25) is 18.1 Å². The van der Waals surface area contributed by atoms with Crippen LogP contribution in [0.1, 0.15) is 68.7 Å². The number of amides is 1. The highest BCUT2D eigenvalue weighted by Gasteiger charge is 2.42. The van der Waals surface area contributed by atoms with E-state index in [9.17, 15) is 4.79 Å². The second-order valence-corrected chi connectivity index (χ2v) is 17.9. The zero-order valence-corrected chi connectivity index (χ0v) is 26.7. The number of pyridine rings is 1. The van der Waals surface area contributed by atoms with Crippen molar-refractivity contribution in [3.63, 3.8) is 0 Å². The molecule has 1 aromatic carbocycles. The Hall–Kier alpha value is -4.10. The Morgan fingerprint density at radius 2 is 1.91 bits per heavy atom. The lowest BCUT2D eigenvalue weighted by molar-refractivity contribution is -0.129. The molecule has 1 amide bonds. The molecule has 10 nitrogen and oxygen atoms in total. The van der Waals surface area contributed by atoms with E-state index in [0.717, 1.165) is 6.42 Å². The number of halogens is 2. The lowest BCUT2D eigenvalue weighted by Gasteiger charge is -2.36. The number of H-pyrrole nitrogens is 1. The van der Waals surface area contributed by atoms with Crippen LogP contribution in [0.15, 0.2) is 43.0 Å². The van der Waals surface area contributed by atoms with Crippen LogP contribution in [0.4, 0.5) is 8.78 Å². The first-order chi connectivity index (χ1) is 20.9. The number of tetrazole rings is 1. The first-order valence-corrected chi connectivity index (χ1v) is 17.6. The third-order valence-corrected chi connectivity index (χ3v) is 13.8. The van der Waals surface area contributed by atoms with Gasteiger partial charge in [-0.2, -0.15) is 4.68 Å². The van der Waals surface area contributed by atoms with E-state index in [1.165, 1.54) is 17.1 Å². The van der Waals surface area contributed by atoms with Gasteiger partial charge in [0.05, 0.1) is 30.2 Å². The van der Waals surface area contributed by atoms with E-state index in [1.807, 2.05) is 0 Å². The number of carbonyl (C=O) groups is 1. The van der Waals surface area contributed by atoms with Gasteiger partial charge in [0.1, 0.15) is 23.7 Å². The normalized spacial score (nSPS) is 19.0. The number of benzene rings is 1. The van der Waals surface area contributed by atoms with E-state index in [2.05, 4.69) is 64.3 Å². The number of fused-ring (bicyclic) bond motifs is 1. The summed E-state index contributed by atoms with van der Waals surface area (Å²) in [6.45, 7) is 12.4. The van der Waals surface area contributed by atoms with Crippen molar-refractivity contribution in [3.8, 4) is 16.9 Å². The third-order valence-electron chi connectivity index (χ3n) is 9.28. The second kappa shape index (κ2) is 11.1. The Balaban J connectivity index is 1.25. The van der Waals surface area contributed by atoms with Gasteiger partial charge in [-0.05, 0) is 78.0 Å². The standard InChI is InChI=1S/C31H36F2N8O2Si/c1-18-7-9-24(40-17-36-38-39-40)27(28(18)32)19-13-20-8-10-25(41(20)26(42)14-19)30-35-15-22(37-30)21-11-12-34-23(29(21)33)16-43-44(5,6)31(2,3)4/h7,9,11-12,14-15,17,20,25H,8,10,13,16H2,1-6H3,(H,35,37)/t20?,25-/m0/s1. The van der Waals surface area contributed by atoms with Crippen molar-refractivity contribution < 1.29 is 18.0 Å². The van der Waals surface area contributed by atoms with Crippen LogP contribution < -0.4 is 0 Å². The first kappa shape index (κ1) is 29.9. The fourth-order valence-corrected chi connectivity index (χ4v) is 6.67. The molecule has 0 aliphatic carbocycles. The number of hydrogen-bond donors (Lipinski definition) is 1. The minimum atomic E-state index is -2.09. The van der Waals surface area contributed by atoms with E-state index in [1.54, 1.807) is 42.4 Å². The molecule has 1 fully saturated rings. The van der Waals surface area contributed by atoms with Crippen molar-refractivity contribution >= 4 is 19.8 Å². The molecule has 0 radical (unpaired) electrons. The van der Waals surface area contributed by atoms with E-state index >= 15 is 8.78 Å². The van der Waals surface area contributed by atoms with Crippen molar-refractivity contribution in [3.05, 3.63) is 77.3 Å². The van der Waals surface area contributed by atoms with Gasteiger partial charge in [0.25, 0.3) is 0 Å². The number of aryl methyl sites for hydroxylation is 1. The minimum absolute atomic E-state index is 0.00836. The smallest absolute Gasteiger partial charge is 0.247 e. The van der Waals surface area contributed by atoms with Gasteiger partial charge in [0, 0.05) is 29.4 Å². The summed E-state index contributed by atoms with van der Waals surface area (Å²) in [7, 11) is -2.09. The molecule has 4 aromatic rings. The molecule has 44 heavy (non-hydrogen) atoms. The summed E-state index contributed by atoms with van der Waals surface area (Å²) in [5, 5.41) is 11.3. The fourth-order valence-electron chi connectivity index (χ4n) is 5.74. The number of nitrogens with zero attached hydrogens (tertiary/aromatic N) is 7. The number of carbonyl (C=O) groups excluding carboxylic acids is 1. The molecular weight excluding hydrogens is 582 g/mol. The van der Waals surface area contributed by atoms with Crippen LogP contribution in [-0.2, 0) is 15.8 Å². The lowest BCUT2D eigenvalue weighted by atomic mass is 9.91. The van der Waals surface area contributed by atoms with Gasteiger partial charge in [-0.25, -0.2) is 13.8 Å². The predicted octanol–water partition coefficient (Wildman–Crippen LogP) is 6.08. The number of aromatic nitrogens is 7. The maximum atomic E-state index is 15.7. The maximum absolute atomic E-state index is 15.7. The molecule has 0 spiro atoms. The van der Waals surface area contributed by atoms with E-state index in [0.29, 0.717) is 52.3 Å². The van der Waals surface area contributed by atoms with Crippen LogP contribution in [0.3, 0.4) is 0 Å². The van der Waals surface area contributed by atoms with Gasteiger partial charge in [0.15, 0.2) is 14.1 Å². The second-order valence-electron chi connectivity index (χ2n) is 13.1. The quantitative estimate of drug-likeness (QED) is 0.250. The molecule has 3 aromatic heterocycles. The summed E-state index contributed by atoms with van der Waals surface area (Å²) in [6.07, 6.45) is 7.94. The molecular formula is C31H36F2N8O2Si. The van der Waals surface area contributed by atoms with Gasteiger partial charge >= 0.3 is 0 Å². The maximum Gasteiger partial charge on any atom is 0.247 e. The highest BCUT2D eigenvalue weighted by Crippen LogP contribution is 2.44. The molecule has 1 unspecified atom stereocenters. The topological polar surface area (TPSA) is 115 Å². The monoisotopic (exact) mass is 618 g/mol. The SMILES string of the molecule is Cc1ccc(-n2cnnn2)c(C2=CC(=O)N3C(CC[C@H]3c3ncc(-c4ccnc(CO[Si](C)(C)C(C)(C)C)c4F)[nH]3)C2)c1F. The zero-order chi connectivity index (χ0) is 31.4. The van der Waals surface area contributed by atoms with Gasteiger partial charge in [-0.1, -0.05) is 26.8 Å². The molecule has 0 saturated carbocycles. The predicted molar refractivity (Wildman–Crippen MR) is 163 cm³/mol. The molecule has 1 N–H and O–H groups in total. The Morgan fingerprint density at radius 1 is 1.11 bits per heavy atom. The number of aromatic amines is 1. The fraction of sp³-hybridized carbons (Fsp3) is 0.419. The largest absolute Gasteiger partial charge is 0.411 e. The Kier molecular flexibility index (Phi) is 7.56. The van der Waals surface area contributed by atoms with Crippen molar-refractivity contribution in [1.82, 2.24) is 40.1 Å². The van der Waals surface area contributed by atoms with Crippen molar-refractivity contribution in [2.24, 2.45) is 0 Å². The average Bonchev–Trinajstić information content (AvgIpc) is 3.74. The summed E-state index contributed by atoms with van der Waals surface area (Å²) in [4.78, 5) is 27.5. The van der Waals surface area contributed by atoms with Gasteiger partial charge in [-0.3, -0.25) is 9.78 Å². The molecule has 2 aliphatic rings. The van der Waals surface area contributed by atoms with Crippen LogP contribution in [0.25, 0.3) is 22.5 Å². The van der Waals surface area contributed by atoms with E-state index in [4.69, 9.17) is 4.43 Å². The summed E-state index contributed by atoms with van der Waals surface area (Å²) < 4.78 is 38.8. The molecule has 230 valence electrons. The van der Waals surface area contributed by atoms with Crippen molar-refractivity contribution in [2.75, 3.05) is 0 Å². The molecule has 5 heterocycles. The highest BCUT2D eigenvalue weighted by molar-refractivity contribution is 6.74. The van der Waals surface area contributed by atoms with E-state index in [-0.39, 0.29) is 35.3 Å². The van der Waals surface area contributed by atoms with Gasteiger partial charge in [-0.15, -0.1) is 5.10 Å². The van der Waals surface area contributed by atoms with Crippen molar-refractivity contribution in [1.29, 1.82) is 0 Å². The number of imidazole rings is 1. The van der Waals surface area contributed by atoms with Crippen LogP contribution in [-0.4, -0.2) is 60.3 Å². The van der Waals surface area contributed by atoms with Crippen molar-refractivity contribution in [2.45, 2.75) is 83.8 Å². The molecule has 13 heteroatoms. The number of rotatable bonds is 7. The third kappa shape index (κ3) is 5.27.